The average Bonchev–Trinajstić information content (AvgIpc) is 2.50. The summed E-state index contributed by atoms with van der Waals surface area (Å²) in [5, 5.41) is 4.45. The molecule has 2 amide bonds. The number of urea groups is 1. The molecule has 7 nitrogen and oxygen atoms in total. The lowest BCUT2D eigenvalue weighted by Crippen LogP contribution is -2.38. The quantitative estimate of drug-likeness (QED) is 0.872. The third kappa shape index (κ3) is 3.65. The van der Waals surface area contributed by atoms with Crippen LogP contribution in [0, 0.1) is 0 Å². The SMILES string of the molecule is Cn1c(NC(=O)Nc2cccc(C(F)(F)F)c2)cc(=O)n(C)c1=O. The van der Waals surface area contributed by atoms with Gasteiger partial charge in [-0.1, -0.05) is 6.07 Å². The van der Waals surface area contributed by atoms with E-state index < -0.39 is 29.0 Å². The Kier molecular flexibility index (Phi) is 4.49. The molecular weight excluding hydrogens is 329 g/mol. The minimum absolute atomic E-state index is 0.0869. The zero-order valence-corrected chi connectivity index (χ0v) is 12.6. The smallest absolute Gasteiger partial charge is 0.308 e. The van der Waals surface area contributed by atoms with E-state index in [1.807, 2.05) is 0 Å². The van der Waals surface area contributed by atoms with Gasteiger partial charge in [0.25, 0.3) is 5.56 Å². The summed E-state index contributed by atoms with van der Waals surface area (Å²) in [5.41, 5.74) is -2.29. The molecular formula is C14H13F3N4O3. The van der Waals surface area contributed by atoms with E-state index in [1.54, 1.807) is 0 Å². The fourth-order valence-electron chi connectivity index (χ4n) is 1.90. The summed E-state index contributed by atoms with van der Waals surface area (Å²) in [7, 11) is 2.61. The Balaban J connectivity index is 2.21. The number of hydrogen-bond acceptors (Lipinski definition) is 3. The van der Waals surface area contributed by atoms with Crippen molar-refractivity contribution in [1.29, 1.82) is 0 Å². The number of halogens is 3. The van der Waals surface area contributed by atoms with Gasteiger partial charge in [0.2, 0.25) is 0 Å². The van der Waals surface area contributed by atoms with E-state index in [1.165, 1.54) is 20.2 Å². The van der Waals surface area contributed by atoms with E-state index >= 15 is 0 Å². The number of amides is 2. The number of nitrogens with zero attached hydrogens (tertiary/aromatic N) is 2. The molecule has 2 rings (SSSR count). The third-order valence-electron chi connectivity index (χ3n) is 3.22. The molecule has 0 bridgehead atoms. The van der Waals surface area contributed by atoms with E-state index in [-0.39, 0.29) is 11.5 Å². The van der Waals surface area contributed by atoms with Crippen LogP contribution in [0.25, 0.3) is 0 Å². The molecule has 0 saturated heterocycles. The Morgan fingerprint density at radius 1 is 1.04 bits per heavy atom. The first kappa shape index (κ1) is 17.3. The van der Waals surface area contributed by atoms with Crippen LogP contribution in [0.4, 0.5) is 29.5 Å². The number of benzene rings is 1. The molecule has 10 heteroatoms. The molecule has 0 aliphatic heterocycles. The lowest BCUT2D eigenvalue weighted by atomic mass is 10.2. The van der Waals surface area contributed by atoms with Crippen molar-refractivity contribution in [3.8, 4) is 0 Å². The molecule has 2 aromatic rings. The van der Waals surface area contributed by atoms with Crippen LogP contribution in [0.3, 0.4) is 0 Å². The number of anilines is 2. The first-order chi connectivity index (χ1) is 11.1. The van der Waals surface area contributed by atoms with E-state index in [0.29, 0.717) is 0 Å². The zero-order valence-electron chi connectivity index (χ0n) is 12.6. The Morgan fingerprint density at radius 3 is 2.33 bits per heavy atom. The zero-order chi connectivity index (χ0) is 18.1. The summed E-state index contributed by atoms with van der Waals surface area (Å²) in [5.74, 6) is -0.0902. The molecule has 0 radical (unpaired) electrons. The molecule has 1 aromatic heterocycles. The van der Waals surface area contributed by atoms with Crippen molar-refractivity contribution in [3.63, 3.8) is 0 Å². The highest BCUT2D eigenvalue weighted by Gasteiger charge is 2.30. The van der Waals surface area contributed by atoms with Crippen molar-refractivity contribution in [2.75, 3.05) is 10.6 Å². The monoisotopic (exact) mass is 342 g/mol. The summed E-state index contributed by atoms with van der Waals surface area (Å²) in [6.45, 7) is 0. The van der Waals surface area contributed by atoms with Gasteiger partial charge in [-0.3, -0.25) is 19.2 Å². The standard InChI is InChI=1S/C14H13F3N4O3/c1-20-10(7-11(22)21(2)13(20)24)19-12(23)18-9-5-3-4-8(6-9)14(15,16)17/h3-7H,1-2H3,(H2,18,19,23). The van der Waals surface area contributed by atoms with Crippen molar-refractivity contribution in [3.05, 3.63) is 56.7 Å². The van der Waals surface area contributed by atoms with Crippen LogP contribution in [0.1, 0.15) is 5.56 Å². The molecule has 24 heavy (non-hydrogen) atoms. The topological polar surface area (TPSA) is 85.1 Å². The van der Waals surface area contributed by atoms with E-state index in [4.69, 9.17) is 0 Å². The molecule has 0 aliphatic carbocycles. The van der Waals surface area contributed by atoms with Crippen molar-refractivity contribution in [1.82, 2.24) is 9.13 Å². The van der Waals surface area contributed by atoms with Gasteiger partial charge in [-0.2, -0.15) is 13.2 Å². The van der Waals surface area contributed by atoms with E-state index in [2.05, 4.69) is 10.6 Å². The Hall–Kier alpha value is -3.04. The van der Waals surface area contributed by atoms with Crippen LogP contribution in [-0.2, 0) is 20.3 Å². The van der Waals surface area contributed by atoms with Crippen LogP contribution in [-0.4, -0.2) is 15.2 Å². The minimum atomic E-state index is -4.54. The van der Waals surface area contributed by atoms with Gasteiger partial charge in [-0.05, 0) is 18.2 Å². The second-order valence-electron chi connectivity index (χ2n) is 4.93. The Bertz CT molecular complexity index is 899. The van der Waals surface area contributed by atoms with E-state index in [0.717, 1.165) is 33.4 Å². The van der Waals surface area contributed by atoms with Crippen LogP contribution in [0.15, 0.2) is 39.9 Å². The maximum absolute atomic E-state index is 12.6. The molecule has 0 aliphatic rings. The predicted molar refractivity (Wildman–Crippen MR) is 81.0 cm³/mol. The Labute approximate surface area is 133 Å². The lowest BCUT2D eigenvalue weighted by Gasteiger charge is -2.13. The van der Waals surface area contributed by atoms with Crippen molar-refractivity contribution in [2.45, 2.75) is 6.18 Å². The highest BCUT2D eigenvalue weighted by molar-refractivity contribution is 5.99. The fourth-order valence-corrected chi connectivity index (χ4v) is 1.90. The van der Waals surface area contributed by atoms with Crippen molar-refractivity contribution >= 4 is 17.5 Å². The number of carbonyl (C=O) groups excluding carboxylic acids is 1. The van der Waals surface area contributed by atoms with Gasteiger partial charge >= 0.3 is 17.9 Å². The molecule has 0 spiro atoms. The van der Waals surface area contributed by atoms with Gasteiger partial charge in [0, 0.05) is 25.8 Å². The first-order valence-corrected chi connectivity index (χ1v) is 6.62. The van der Waals surface area contributed by atoms with Gasteiger partial charge < -0.3 is 5.32 Å². The van der Waals surface area contributed by atoms with Crippen LogP contribution in [0.5, 0.6) is 0 Å². The van der Waals surface area contributed by atoms with Gasteiger partial charge in [0.05, 0.1) is 5.56 Å². The predicted octanol–water partition coefficient (Wildman–Crippen LogP) is 1.75. The number of rotatable bonds is 2. The second kappa shape index (κ2) is 6.22. The van der Waals surface area contributed by atoms with Gasteiger partial charge in [-0.25, -0.2) is 9.59 Å². The largest absolute Gasteiger partial charge is 0.416 e. The normalized spacial score (nSPS) is 11.2. The summed E-state index contributed by atoms with van der Waals surface area (Å²) in [4.78, 5) is 35.2. The highest BCUT2D eigenvalue weighted by atomic mass is 19.4. The minimum Gasteiger partial charge on any atom is -0.308 e. The highest BCUT2D eigenvalue weighted by Crippen LogP contribution is 2.30. The Morgan fingerprint density at radius 2 is 1.71 bits per heavy atom. The average molecular weight is 342 g/mol. The molecule has 0 fully saturated rings. The summed E-state index contributed by atoms with van der Waals surface area (Å²) in [6, 6.07) is 4.19. The summed E-state index contributed by atoms with van der Waals surface area (Å²) < 4.78 is 39.7. The number of aromatic nitrogens is 2. The third-order valence-corrected chi connectivity index (χ3v) is 3.22. The number of nitrogens with one attached hydrogen (secondary N) is 2. The van der Waals surface area contributed by atoms with Crippen molar-refractivity contribution < 1.29 is 18.0 Å². The molecule has 0 saturated carbocycles. The number of hydrogen-bond donors (Lipinski definition) is 2. The lowest BCUT2D eigenvalue weighted by molar-refractivity contribution is -0.137. The number of alkyl halides is 3. The maximum Gasteiger partial charge on any atom is 0.416 e. The summed E-state index contributed by atoms with van der Waals surface area (Å²) >= 11 is 0. The fraction of sp³-hybridized carbons (Fsp3) is 0.214. The molecule has 1 aromatic carbocycles. The van der Waals surface area contributed by atoms with Crippen LogP contribution in [0.2, 0.25) is 0 Å². The molecule has 0 atom stereocenters. The van der Waals surface area contributed by atoms with E-state index in [9.17, 15) is 27.6 Å². The molecule has 1 heterocycles. The van der Waals surface area contributed by atoms with Crippen molar-refractivity contribution in [2.24, 2.45) is 14.1 Å². The molecule has 2 N–H and O–H groups in total. The van der Waals surface area contributed by atoms with Crippen LogP contribution >= 0.6 is 0 Å². The molecule has 128 valence electrons. The summed E-state index contributed by atoms with van der Waals surface area (Å²) in [6.07, 6.45) is -4.54. The number of carbonyl (C=O) groups is 1. The van der Waals surface area contributed by atoms with Crippen LogP contribution < -0.4 is 21.9 Å². The van der Waals surface area contributed by atoms with Gasteiger partial charge in [0.1, 0.15) is 5.82 Å². The van der Waals surface area contributed by atoms with Gasteiger partial charge in [-0.15, -0.1) is 0 Å². The maximum atomic E-state index is 12.6. The first-order valence-electron chi connectivity index (χ1n) is 6.62. The molecule has 0 unspecified atom stereocenters. The second-order valence-corrected chi connectivity index (χ2v) is 4.93. The van der Waals surface area contributed by atoms with Gasteiger partial charge in [0.15, 0.2) is 0 Å².